The quantitative estimate of drug-likeness (QED) is 0.650. The Hall–Kier alpha value is -2.64. The highest BCUT2D eigenvalue weighted by atomic mass is 35.5. The predicted octanol–water partition coefficient (Wildman–Crippen LogP) is 3.67. The Morgan fingerprint density at radius 2 is 1.94 bits per heavy atom. The van der Waals surface area contributed by atoms with Crippen LogP contribution in [0.2, 0.25) is 5.02 Å². The van der Waals surface area contributed by atoms with Crippen molar-refractivity contribution in [2.45, 2.75) is 18.9 Å². The van der Waals surface area contributed by atoms with Gasteiger partial charge in [-0.15, -0.1) is 0 Å². The van der Waals surface area contributed by atoms with Crippen molar-refractivity contribution in [2.24, 2.45) is 0 Å². The van der Waals surface area contributed by atoms with Gasteiger partial charge in [0, 0.05) is 43.5 Å². The van der Waals surface area contributed by atoms with Crippen molar-refractivity contribution in [2.75, 3.05) is 63.3 Å². The van der Waals surface area contributed by atoms with E-state index in [-0.39, 0.29) is 18.6 Å². The van der Waals surface area contributed by atoms with E-state index in [1.165, 1.54) is 0 Å². The third-order valence-corrected chi connectivity index (χ3v) is 6.13. The summed E-state index contributed by atoms with van der Waals surface area (Å²) in [5.74, 6) is 1.58. The van der Waals surface area contributed by atoms with Gasteiger partial charge in [-0.2, -0.15) is 0 Å². The lowest BCUT2D eigenvalue weighted by atomic mass is 10.2. The van der Waals surface area contributed by atoms with Crippen LogP contribution in [0.1, 0.15) is 12.8 Å². The second-order valence-corrected chi connectivity index (χ2v) is 8.44. The van der Waals surface area contributed by atoms with E-state index in [9.17, 15) is 4.79 Å². The average molecular weight is 460 g/mol. The molecule has 8 heteroatoms. The minimum absolute atomic E-state index is 0.0597. The summed E-state index contributed by atoms with van der Waals surface area (Å²) in [7, 11) is 1.66. The lowest BCUT2D eigenvalue weighted by Gasteiger charge is -2.36. The summed E-state index contributed by atoms with van der Waals surface area (Å²) in [5, 5.41) is 3.81. The van der Waals surface area contributed by atoms with Gasteiger partial charge in [0.1, 0.15) is 18.1 Å². The number of nitrogens with one attached hydrogen (secondary N) is 1. The van der Waals surface area contributed by atoms with E-state index in [4.69, 9.17) is 25.8 Å². The molecule has 0 bridgehead atoms. The monoisotopic (exact) mass is 459 g/mol. The van der Waals surface area contributed by atoms with Gasteiger partial charge >= 0.3 is 0 Å². The zero-order valence-corrected chi connectivity index (χ0v) is 19.1. The van der Waals surface area contributed by atoms with Crippen molar-refractivity contribution in [1.82, 2.24) is 4.90 Å². The van der Waals surface area contributed by atoms with E-state index in [1.54, 1.807) is 19.2 Å². The van der Waals surface area contributed by atoms with Gasteiger partial charge in [0.2, 0.25) is 5.91 Å². The highest BCUT2D eigenvalue weighted by molar-refractivity contribution is 6.30. The summed E-state index contributed by atoms with van der Waals surface area (Å²) in [4.78, 5) is 17.0. The number of rotatable bonds is 8. The standard InChI is InChI=1S/C24H30ClN3O4/c1-30-20-7-5-19(6-8-20)27-10-12-28(13-11-27)24(29)16-26-22-15-18(25)4-9-23(22)32-17-21-3-2-14-31-21/h4-9,15,21,26H,2-3,10-14,16-17H2,1H3. The molecule has 1 atom stereocenters. The summed E-state index contributed by atoms with van der Waals surface area (Å²) in [5.41, 5.74) is 1.86. The van der Waals surface area contributed by atoms with Crippen LogP contribution in [0.5, 0.6) is 11.5 Å². The van der Waals surface area contributed by atoms with Gasteiger partial charge in [0.25, 0.3) is 0 Å². The molecule has 0 radical (unpaired) electrons. The number of piperazine rings is 1. The third kappa shape index (κ3) is 5.78. The van der Waals surface area contributed by atoms with E-state index < -0.39 is 0 Å². The number of ether oxygens (including phenoxy) is 3. The van der Waals surface area contributed by atoms with Gasteiger partial charge in [-0.25, -0.2) is 0 Å². The molecule has 2 heterocycles. The van der Waals surface area contributed by atoms with Crippen LogP contribution in [-0.4, -0.2) is 70.0 Å². The Morgan fingerprint density at radius 3 is 2.62 bits per heavy atom. The Kier molecular flexibility index (Phi) is 7.60. The maximum Gasteiger partial charge on any atom is 0.241 e. The van der Waals surface area contributed by atoms with Gasteiger partial charge in [-0.05, 0) is 55.3 Å². The molecular weight excluding hydrogens is 430 g/mol. The van der Waals surface area contributed by atoms with E-state index >= 15 is 0 Å². The number of carbonyl (C=O) groups is 1. The molecule has 2 aliphatic heterocycles. The number of hydrogen-bond donors (Lipinski definition) is 1. The first kappa shape index (κ1) is 22.6. The molecule has 0 aliphatic carbocycles. The summed E-state index contributed by atoms with van der Waals surface area (Å²) in [6.07, 6.45) is 2.21. The molecule has 32 heavy (non-hydrogen) atoms. The molecule has 172 valence electrons. The van der Waals surface area contributed by atoms with Crippen LogP contribution < -0.4 is 19.7 Å². The molecule has 2 aliphatic rings. The third-order valence-electron chi connectivity index (χ3n) is 5.89. The predicted molar refractivity (Wildman–Crippen MR) is 126 cm³/mol. The number of hydrogen-bond acceptors (Lipinski definition) is 6. The number of benzene rings is 2. The number of anilines is 2. The first-order chi connectivity index (χ1) is 15.6. The van der Waals surface area contributed by atoms with Crippen molar-refractivity contribution >= 4 is 28.9 Å². The fraction of sp³-hybridized carbons (Fsp3) is 0.458. The van der Waals surface area contributed by atoms with Crippen molar-refractivity contribution in [3.05, 3.63) is 47.5 Å². The molecule has 0 spiro atoms. The number of nitrogens with zero attached hydrogens (tertiary/aromatic N) is 2. The fourth-order valence-electron chi connectivity index (χ4n) is 4.01. The maximum absolute atomic E-state index is 12.8. The number of amides is 1. The molecule has 0 aromatic heterocycles. The van der Waals surface area contributed by atoms with Crippen LogP contribution >= 0.6 is 11.6 Å². The summed E-state index contributed by atoms with van der Waals surface area (Å²) >= 11 is 6.17. The van der Waals surface area contributed by atoms with Crippen LogP contribution in [0.3, 0.4) is 0 Å². The Bertz CT molecular complexity index is 895. The van der Waals surface area contributed by atoms with Crippen molar-refractivity contribution in [1.29, 1.82) is 0 Å². The highest BCUT2D eigenvalue weighted by Crippen LogP contribution is 2.29. The lowest BCUT2D eigenvalue weighted by Crippen LogP contribution is -2.50. The first-order valence-corrected chi connectivity index (χ1v) is 11.4. The number of methoxy groups -OCH3 is 1. The zero-order chi connectivity index (χ0) is 22.3. The number of halogens is 1. The topological polar surface area (TPSA) is 63.3 Å². The zero-order valence-electron chi connectivity index (χ0n) is 18.4. The lowest BCUT2D eigenvalue weighted by molar-refractivity contribution is -0.129. The second kappa shape index (κ2) is 10.8. The molecule has 2 aromatic rings. The molecular formula is C24H30ClN3O4. The summed E-state index contributed by atoms with van der Waals surface area (Å²) < 4.78 is 16.8. The average Bonchev–Trinajstić information content (AvgIpc) is 3.36. The van der Waals surface area contributed by atoms with Crippen LogP contribution in [0.4, 0.5) is 11.4 Å². The van der Waals surface area contributed by atoms with Crippen LogP contribution in [0, 0.1) is 0 Å². The largest absolute Gasteiger partial charge is 0.497 e. The molecule has 4 rings (SSSR count). The van der Waals surface area contributed by atoms with Gasteiger partial charge in [0.05, 0.1) is 25.4 Å². The van der Waals surface area contributed by atoms with E-state index in [2.05, 4.69) is 22.3 Å². The Morgan fingerprint density at radius 1 is 1.16 bits per heavy atom. The minimum atomic E-state index is 0.0597. The van der Waals surface area contributed by atoms with Gasteiger partial charge < -0.3 is 29.3 Å². The fourth-order valence-corrected chi connectivity index (χ4v) is 4.19. The molecule has 2 saturated heterocycles. The van der Waals surface area contributed by atoms with Crippen molar-refractivity contribution in [3.63, 3.8) is 0 Å². The van der Waals surface area contributed by atoms with Crippen LogP contribution in [0.25, 0.3) is 0 Å². The van der Waals surface area contributed by atoms with Gasteiger partial charge in [-0.1, -0.05) is 11.6 Å². The first-order valence-electron chi connectivity index (χ1n) is 11.1. The van der Waals surface area contributed by atoms with Crippen LogP contribution in [0.15, 0.2) is 42.5 Å². The molecule has 0 saturated carbocycles. The van der Waals surface area contributed by atoms with E-state index in [0.29, 0.717) is 30.5 Å². The van der Waals surface area contributed by atoms with Crippen molar-refractivity contribution < 1.29 is 19.0 Å². The normalized spacial score (nSPS) is 18.5. The second-order valence-electron chi connectivity index (χ2n) is 8.01. The van der Waals surface area contributed by atoms with Crippen molar-refractivity contribution in [3.8, 4) is 11.5 Å². The Balaban J connectivity index is 1.27. The molecule has 7 nitrogen and oxygen atoms in total. The molecule has 1 amide bonds. The minimum Gasteiger partial charge on any atom is -0.497 e. The molecule has 1 N–H and O–H groups in total. The van der Waals surface area contributed by atoms with E-state index in [0.717, 1.165) is 49.7 Å². The SMILES string of the molecule is COc1ccc(N2CCN(C(=O)CNc3cc(Cl)ccc3OCC3CCCO3)CC2)cc1. The molecule has 1 unspecified atom stereocenters. The highest BCUT2D eigenvalue weighted by Gasteiger charge is 2.22. The maximum atomic E-state index is 12.8. The van der Waals surface area contributed by atoms with Crippen LogP contribution in [-0.2, 0) is 9.53 Å². The molecule has 2 aromatic carbocycles. The van der Waals surface area contributed by atoms with Gasteiger partial charge in [0.15, 0.2) is 0 Å². The Labute approximate surface area is 194 Å². The van der Waals surface area contributed by atoms with E-state index in [1.807, 2.05) is 23.1 Å². The number of carbonyl (C=O) groups excluding carboxylic acids is 1. The summed E-state index contributed by atoms with van der Waals surface area (Å²) in [6.45, 7) is 4.45. The summed E-state index contributed by atoms with van der Waals surface area (Å²) in [6, 6.07) is 13.4. The smallest absolute Gasteiger partial charge is 0.241 e. The van der Waals surface area contributed by atoms with Gasteiger partial charge in [-0.3, -0.25) is 4.79 Å². The molecule has 2 fully saturated rings.